The van der Waals surface area contributed by atoms with Crippen molar-refractivity contribution in [1.82, 2.24) is 0 Å². The summed E-state index contributed by atoms with van der Waals surface area (Å²) >= 11 is 0. The standard InChI is InChI=1S/C12H16N2O/c1-9-3-2-4-11(7-9)14-6-5-10(8-14)12(13)15/h2-4,7,10H,5-6,8H2,1H3,(H2,13,15). The van der Waals surface area contributed by atoms with Gasteiger partial charge in [0.25, 0.3) is 0 Å². The van der Waals surface area contributed by atoms with E-state index in [0.29, 0.717) is 0 Å². The Bertz CT molecular complexity index is 376. The minimum absolute atomic E-state index is 0.0190. The Labute approximate surface area is 89.9 Å². The molecule has 0 bridgehead atoms. The number of nitrogens with two attached hydrogens (primary N) is 1. The van der Waals surface area contributed by atoms with E-state index >= 15 is 0 Å². The van der Waals surface area contributed by atoms with Crippen LogP contribution >= 0.6 is 0 Å². The first-order valence-electron chi connectivity index (χ1n) is 5.28. The summed E-state index contributed by atoms with van der Waals surface area (Å²) in [6.45, 7) is 3.76. The minimum Gasteiger partial charge on any atom is -0.371 e. The number of aryl methyl sites for hydroxylation is 1. The zero-order valence-corrected chi connectivity index (χ0v) is 8.94. The van der Waals surface area contributed by atoms with E-state index in [1.54, 1.807) is 0 Å². The van der Waals surface area contributed by atoms with Crippen LogP contribution in [0, 0.1) is 12.8 Å². The molecule has 1 heterocycles. The maximum absolute atomic E-state index is 11.0. The SMILES string of the molecule is Cc1cccc(N2CCC(C(N)=O)C2)c1. The number of anilines is 1. The summed E-state index contributed by atoms with van der Waals surface area (Å²) in [6, 6.07) is 8.34. The molecule has 1 unspecified atom stereocenters. The predicted octanol–water partition coefficient (Wildman–Crippen LogP) is 1.31. The van der Waals surface area contributed by atoms with Gasteiger partial charge in [-0.3, -0.25) is 4.79 Å². The first kappa shape index (κ1) is 10.0. The summed E-state index contributed by atoms with van der Waals surface area (Å²) in [7, 11) is 0. The molecule has 1 aromatic carbocycles. The number of hydrogen-bond donors (Lipinski definition) is 1. The van der Waals surface area contributed by atoms with Crippen LogP contribution in [0.25, 0.3) is 0 Å². The van der Waals surface area contributed by atoms with E-state index < -0.39 is 0 Å². The third-order valence-corrected chi connectivity index (χ3v) is 2.96. The van der Waals surface area contributed by atoms with Gasteiger partial charge >= 0.3 is 0 Å². The lowest BCUT2D eigenvalue weighted by molar-refractivity contribution is -0.121. The van der Waals surface area contributed by atoms with E-state index in [2.05, 4.69) is 30.0 Å². The van der Waals surface area contributed by atoms with Crippen molar-refractivity contribution < 1.29 is 4.79 Å². The molecule has 80 valence electrons. The van der Waals surface area contributed by atoms with Crippen LogP contribution in [0.3, 0.4) is 0 Å². The van der Waals surface area contributed by atoms with Crippen LogP contribution in [0.2, 0.25) is 0 Å². The van der Waals surface area contributed by atoms with E-state index in [4.69, 9.17) is 5.73 Å². The van der Waals surface area contributed by atoms with Gasteiger partial charge in [0.05, 0.1) is 5.92 Å². The summed E-state index contributed by atoms with van der Waals surface area (Å²) in [4.78, 5) is 13.3. The van der Waals surface area contributed by atoms with E-state index in [1.807, 2.05) is 6.07 Å². The molecule has 1 amide bonds. The van der Waals surface area contributed by atoms with Crippen LogP contribution in [0.1, 0.15) is 12.0 Å². The fourth-order valence-electron chi connectivity index (χ4n) is 2.05. The highest BCUT2D eigenvalue weighted by Crippen LogP contribution is 2.24. The van der Waals surface area contributed by atoms with Gasteiger partial charge in [0, 0.05) is 18.8 Å². The molecule has 2 rings (SSSR count). The van der Waals surface area contributed by atoms with Crippen molar-refractivity contribution >= 4 is 11.6 Å². The number of amides is 1. The highest BCUT2D eigenvalue weighted by molar-refractivity contribution is 5.78. The second kappa shape index (κ2) is 3.93. The lowest BCUT2D eigenvalue weighted by Crippen LogP contribution is -2.27. The van der Waals surface area contributed by atoms with Gasteiger partial charge in [-0.05, 0) is 31.0 Å². The number of hydrogen-bond acceptors (Lipinski definition) is 2. The quantitative estimate of drug-likeness (QED) is 0.789. The normalized spacial score (nSPS) is 20.6. The fraction of sp³-hybridized carbons (Fsp3) is 0.417. The van der Waals surface area contributed by atoms with Gasteiger partial charge < -0.3 is 10.6 Å². The molecular weight excluding hydrogens is 188 g/mol. The Balaban J connectivity index is 2.11. The fourth-order valence-corrected chi connectivity index (χ4v) is 2.05. The summed E-state index contributed by atoms with van der Waals surface area (Å²) in [5.74, 6) is -0.157. The molecule has 0 aliphatic carbocycles. The molecule has 0 saturated carbocycles. The second-order valence-electron chi connectivity index (χ2n) is 4.17. The maximum Gasteiger partial charge on any atom is 0.222 e. The minimum atomic E-state index is -0.176. The first-order valence-corrected chi connectivity index (χ1v) is 5.28. The van der Waals surface area contributed by atoms with Crippen molar-refractivity contribution in [1.29, 1.82) is 0 Å². The third kappa shape index (κ3) is 2.12. The van der Waals surface area contributed by atoms with Gasteiger partial charge in [0.15, 0.2) is 0 Å². The molecule has 0 radical (unpaired) electrons. The van der Waals surface area contributed by atoms with Gasteiger partial charge in [-0.25, -0.2) is 0 Å². The lowest BCUT2D eigenvalue weighted by atomic mass is 10.1. The predicted molar refractivity (Wildman–Crippen MR) is 60.7 cm³/mol. The number of benzene rings is 1. The molecule has 1 fully saturated rings. The van der Waals surface area contributed by atoms with E-state index in [9.17, 15) is 4.79 Å². The molecule has 1 aliphatic rings. The smallest absolute Gasteiger partial charge is 0.222 e. The Morgan fingerprint density at radius 1 is 1.53 bits per heavy atom. The Morgan fingerprint density at radius 2 is 2.33 bits per heavy atom. The maximum atomic E-state index is 11.0. The van der Waals surface area contributed by atoms with Gasteiger partial charge in [-0.1, -0.05) is 12.1 Å². The molecule has 1 atom stereocenters. The number of carbonyl (C=O) groups excluding carboxylic acids is 1. The highest BCUT2D eigenvalue weighted by atomic mass is 16.1. The van der Waals surface area contributed by atoms with E-state index in [1.165, 1.54) is 11.3 Å². The molecule has 3 heteroatoms. The van der Waals surface area contributed by atoms with Gasteiger partial charge in [-0.15, -0.1) is 0 Å². The molecule has 1 aromatic rings. The average Bonchev–Trinajstić information content (AvgIpc) is 2.66. The summed E-state index contributed by atoms with van der Waals surface area (Å²) in [5, 5.41) is 0. The van der Waals surface area contributed by atoms with Gasteiger partial charge in [0.1, 0.15) is 0 Å². The van der Waals surface area contributed by atoms with Crippen molar-refractivity contribution in [3.8, 4) is 0 Å². The van der Waals surface area contributed by atoms with Crippen molar-refractivity contribution in [3.63, 3.8) is 0 Å². The number of rotatable bonds is 2. The van der Waals surface area contributed by atoms with E-state index in [0.717, 1.165) is 19.5 Å². The van der Waals surface area contributed by atoms with Crippen molar-refractivity contribution in [2.24, 2.45) is 11.7 Å². The number of nitrogens with zero attached hydrogens (tertiary/aromatic N) is 1. The Morgan fingerprint density at radius 3 is 2.93 bits per heavy atom. The van der Waals surface area contributed by atoms with Crippen LogP contribution in [-0.2, 0) is 4.79 Å². The molecular formula is C12H16N2O. The highest BCUT2D eigenvalue weighted by Gasteiger charge is 2.26. The van der Waals surface area contributed by atoms with Crippen molar-refractivity contribution in [3.05, 3.63) is 29.8 Å². The van der Waals surface area contributed by atoms with Crippen LogP contribution in [-0.4, -0.2) is 19.0 Å². The summed E-state index contributed by atoms with van der Waals surface area (Å²) in [5.41, 5.74) is 7.74. The van der Waals surface area contributed by atoms with E-state index in [-0.39, 0.29) is 11.8 Å². The van der Waals surface area contributed by atoms with Crippen molar-refractivity contribution in [2.75, 3.05) is 18.0 Å². The van der Waals surface area contributed by atoms with Crippen LogP contribution < -0.4 is 10.6 Å². The topological polar surface area (TPSA) is 46.3 Å². The largest absolute Gasteiger partial charge is 0.371 e. The zero-order chi connectivity index (χ0) is 10.8. The monoisotopic (exact) mass is 204 g/mol. The third-order valence-electron chi connectivity index (χ3n) is 2.96. The number of primary amides is 1. The molecule has 0 aromatic heterocycles. The molecule has 0 spiro atoms. The number of carbonyl (C=O) groups is 1. The van der Waals surface area contributed by atoms with Crippen molar-refractivity contribution in [2.45, 2.75) is 13.3 Å². The second-order valence-corrected chi connectivity index (χ2v) is 4.17. The first-order chi connectivity index (χ1) is 7.16. The lowest BCUT2D eigenvalue weighted by Gasteiger charge is -2.18. The summed E-state index contributed by atoms with van der Waals surface area (Å²) < 4.78 is 0. The molecule has 1 saturated heterocycles. The molecule has 15 heavy (non-hydrogen) atoms. The Kier molecular flexibility index (Phi) is 2.62. The molecule has 1 aliphatic heterocycles. The van der Waals surface area contributed by atoms with Gasteiger partial charge in [-0.2, -0.15) is 0 Å². The van der Waals surface area contributed by atoms with Crippen LogP contribution in [0.4, 0.5) is 5.69 Å². The molecule has 3 nitrogen and oxygen atoms in total. The average molecular weight is 204 g/mol. The van der Waals surface area contributed by atoms with Crippen LogP contribution in [0.15, 0.2) is 24.3 Å². The zero-order valence-electron chi connectivity index (χ0n) is 8.94. The summed E-state index contributed by atoms with van der Waals surface area (Å²) in [6.07, 6.45) is 0.878. The molecule has 2 N–H and O–H groups in total. The Hall–Kier alpha value is -1.51. The van der Waals surface area contributed by atoms with Crippen LogP contribution in [0.5, 0.6) is 0 Å². The van der Waals surface area contributed by atoms with Gasteiger partial charge in [0.2, 0.25) is 5.91 Å².